The van der Waals surface area contributed by atoms with Crippen molar-refractivity contribution in [1.82, 2.24) is 0 Å². The molecule has 0 atom stereocenters. The minimum Gasteiger partial charge on any atom is -0.490 e. The maximum Gasteiger partial charge on any atom is 0.266 e. The van der Waals surface area contributed by atoms with Crippen LogP contribution in [0.3, 0.4) is 0 Å². The molecule has 1 N–H and O–H groups in total. The number of halogens is 2. The number of nitriles is 1. The van der Waals surface area contributed by atoms with Crippen molar-refractivity contribution in [3.8, 4) is 17.6 Å². The standard InChI is InChI=1S/C27H24BrFN2O3/c1-4-33-25-13-20(22(28)14-26(25)34-16-19-9-5-6-10-23(19)29)12-21(15-30)27(32)31-24-11-7-8-17(2)18(24)3/h5-14H,4,16H2,1-3H3,(H,31,32)/b21-12+. The van der Waals surface area contributed by atoms with Crippen LogP contribution in [-0.2, 0) is 11.4 Å². The molecule has 0 fully saturated rings. The predicted octanol–water partition coefficient (Wildman–Crippen LogP) is 6.73. The lowest BCUT2D eigenvalue weighted by Gasteiger charge is -2.15. The van der Waals surface area contributed by atoms with E-state index in [-0.39, 0.29) is 18.0 Å². The fraction of sp³-hybridized carbons (Fsp3) is 0.185. The highest BCUT2D eigenvalue weighted by Gasteiger charge is 2.15. The molecule has 7 heteroatoms. The van der Waals surface area contributed by atoms with Crippen molar-refractivity contribution >= 4 is 33.6 Å². The van der Waals surface area contributed by atoms with Crippen LogP contribution in [0.25, 0.3) is 6.08 Å². The fourth-order valence-electron chi connectivity index (χ4n) is 3.19. The smallest absolute Gasteiger partial charge is 0.266 e. The van der Waals surface area contributed by atoms with Gasteiger partial charge < -0.3 is 14.8 Å². The van der Waals surface area contributed by atoms with Crippen LogP contribution in [0.5, 0.6) is 11.5 Å². The maximum atomic E-state index is 13.9. The minimum absolute atomic E-state index is 0.0239. The molecule has 0 unspecified atom stereocenters. The normalized spacial score (nSPS) is 11.0. The number of carbonyl (C=O) groups is 1. The number of rotatable bonds is 8. The van der Waals surface area contributed by atoms with E-state index in [2.05, 4.69) is 21.2 Å². The highest BCUT2D eigenvalue weighted by atomic mass is 79.9. The summed E-state index contributed by atoms with van der Waals surface area (Å²) < 4.78 is 26.1. The molecule has 1 amide bonds. The van der Waals surface area contributed by atoms with Gasteiger partial charge in [0.15, 0.2) is 11.5 Å². The fourth-order valence-corrected chi connectivity index (χ4v) is 3.63. The summed E-state index contributed by atoms with van der Waals surface area (Å²) in [6.07, 6.45) is 1.48. The first-order valence-corrected chi connectivity index (χ1v) is 11.4. The Morgan fingerprint density at radius 3 is 2.56 bits per heavy atom. The maximum absolute atomic E-state index is 13.9. The van der Waals surface area contributed by atoms with Crippen LogP contribution in [-0.4, -0.2) is 12.5 Å². The summed E-state index contributed by atoms with van der Waals surface area (Å²) in [5.74, 6) is -0.0403. The van der Waals surface area contributed by atoms with E-state index >= 15 is 0 Å². The van der Waals surface area contributed by atoms with Gasteiger partial charge in [-0.25, -0.2) is 4.39 Å². The zero-order valence-corrected chi connectivity index (χ0v) is 20.7. The molecule has 0 saturated heterocycles. The van der Waals surface area contributed by atoms with E-state index in [0.29, 0.717) is 39.4 Å². The van der Waals surface area contributed by atoms with Gasteiger partial charge in [0.2, 0.25) is 0 Å². The molecule has 0 bridgehead atoms. The number of amides is 1. The molecule has 0 radical (unpaired) electrons. The largest absolute Gasteiger partial charge is 0.490 e. The van der Waals surface area contributed by atoms with Crippen LogP contribution in [0.1, 0.15) is 29.2 Å². The zero-order valence-electron chi connectivity index (χ0n) is 19.1. The Morgan fingerprint density at radius 2 is 1.85 bits per heavy atom. The number of hydrogen-bond donors (Lipinski definition) is 1. The molecule has 0 aliphatic rings. The van der Waals surface area contributed by atoms with Gasteiger partial charge in [-0.1, -0.05) is 46.3 Å². The van der Waals surface area contributed by atoms with E-state index in [1.165, 1.54) is 12.1 Å². The third-order valence-electron chi connectivity index (χ3n) is 5.22. The number of hydrogen-bond acceptors (Lipinski definition) is 4. The first-order chi connectivity index (χ1) is 16.3. The van der Waals surface area contributed by atoms with Crippen molar-refractivity contribution in [3.63, 3.8) is 0 Å². The quantitative estimate of drug-likeness (QED) is 0.263. The molecule has 0 spiro atoms. The van der Waals surface area contributed by atoms with E-state index in [1.807, 2.05) is 39.0 Å². The molecule has 3 rings (SSSR count). The van der Waals surface area contributed by atoms with Crippen molar-refractivity contribution in [2.75, 3.05) is 11.9 Å². The summed E-state index contributed by atoms with van der Waals surface area (Å²) in [5, 5.41) is 12.4. The van der Waals surface area contributed by atoms with E-state index in [0.717, 1.165) is 11.1 Å². The third kappa shape index (κ3) is 6.03. The number of anilines is 1. The summed E-state index contributed by atoms with van der Waals surface area (Å²) in [7, 11) is 0. The molecule has 0 aliphatic carbocycles. The lowest BCUT2D eigenvalue weighted by atomic mass is 10.1. The van der Waals surface area contributed by atoms with E-state index in [9.17, 15) is 14.4 Å². The minimum atomic E-state index is -0.513. The molecule has 0 heterocycles. The van der Waals surface area contributed by atoms with Gasteiger partial charge in [0.05, 0.1) is 6.61 Å². The molecule has 174 valence electrons. The molecular formula is C27H24BrFN2O3. The predicted molar refractivity (Wildman–Crippen MR) is 134 cm³/mol. The number of carbonyl (C=O) groups excluding carboxylic acids is 1. The van der Waals surface area contributed by atoms with Crippen molar-refractivity contribution in [1.29, 1.82) is 5.26 Å². The summed E-state index contributed by atoms with van der Waals surface area (Å²) >= 11 is 3.47. The monoisotopic (exact) mass is 522 g/mol. The van der Waals surface area contributed by atoms with Gasteiger partial charge in [0, 0.05) is 15.7 Å². The van der Waals surface area contributed by atoms with E-state index < -0.39 is 5.91 Å². The number of aryl methyl sites for hydroxylation is 1. The van der Waals surface area contributed by atoms with Gasteiger partial charge in [-0.2, -0.15) is 5.26 Å². The van der Waals surface area contributed by atoms with Gasteiger partial charge in [-0.15, -0.1) is 0 Å². The summed E-state index contributed by atoms with van der Waals surface area (Å²) in [4.78, 5) is 12.8. The van der Waals surface area contributed by atoms with Crippen LogP contribution in [0, 0.1) is 31.0 Å². The van der Waals surface area contributed by atoms with Crippen LogP contribution in [0.2, 0.25) is 0 Å². The number of nitrogens with zero attached hydrogens (tertiary/aromatic N) is 1. The van der Waals surface area contributed by atoms with Crippen LogP contribution >= 0.6 is 15.9 Å². The van der Waals surface area contributed by atoms with E-state index in [4.69, 9.17) is 9.47 Å². The molecule has 3 aromatic rings. The second kappa shape index (κ2) is 11.5. The Bertz CT molecular complexity index is 1280. The average molecular weight is 523 g/mol. The Labute approximate surface area is 207 Å². The highest BCUT2D eigenvalue weighted by molar-refractivity contribution is 9.10. The van der Waals surface area contributed by atoms with Crippen molar-refractivity contribution in [2.24, 2.45) is 0 Å². The molecule has 3 aromatic carbocycles. The molecule has 0 aromatic heterocycles. The first-order valence-electron chi connectivity index (χ1n) is 10.7. The zero-order chi connectivity index (χ0) is 24.7. The lowest BCUT2D eigenvalue weighted by Crippen LogP contribution is -2.14. The van der Waals surface area contributed by atoms with Crippen molar-refractivity contribution < 1.29 is 18.7 Å². The summed E-state index contributed by atoms with van der Waals surface area (Å²) in [5.41, 5.74) is 3.54. The second-order valence-electron chi connectivity index (χ2n) is 7.50. The van der Waals surface area contributed by atoms with Gasteiger partial charge in [0.25, 0.3) is 5.91 Å². The van der Waals surface area contributed by atoms with Gasteiger partial charge in [0.1, 0.15) is 24.1 Å². The Kier molecular flexibility index (Phi) is 8.44. The third-order valence-corrected chi connectivity index (χ3v) is 5.91. The van der Waals surface area contributed by atoms with Gasteiger partial charge >= 0.3 is 0 Å². The molecule has 5 nitrogen and oxygen atoms in total. The summed E-state index contributed by atoms with van der Waals surface area (Å²) in [6.45, 7) is 6.09. The van der Waals surface area contributed by atoms with Crippen LogP contribution in [0.15, 0.2) is 64.6 Å². The van der Waals surface area contributed by atoms with Crippen molar-refractivity contribution in [3.05, 3.63) is 92.7 Å². The van der Waals surface area contributed by atoms with Gasteiger partial charge in [-0.3, -0.25) is 4.79 Å². The Hall–Kier alpha value is -3.63. The average Bonchev–Trinajstić information content (AvgIpc) is 2.82. The van der Waals surface area contributed by atoms with Crippen LogP contribution < -0.4 is 14.8 Å². The second-order valence-corrected chi connectivity index (χ2v) is 8.36. The van der Waals surface area contributed by atoms with E-state index in [1.54, 1.807) is 36.4 Å². The lowest BCUT2D eigenvalue weighted by molar-refractivity contribution is -0.112. The highest BCUT2D eigenvalue weighted by Crippen LogP contribution is 2.35. The Morgan fingerprint density at radius 1 is 1.12 bits per heavy atom. The Balaban J connectivity index is 1.88. The number of ether oxygens (including phenoxy) is 2. The summed E-state index contributed by atoms with van der Waals surface area (Å²) in [6, 6.07) is 17.3. The number of benzene rings is 3. The van der Waals surface area contributed by atoms with Gasteiger partial charge in [-0.05, 0) is 67.8 Å². The van der Waals surface area contributed by atoms with Crippen LogP contribution in [0.4, 0.5) is 10.1 Å². The molecule has 0 aliphatic heterocycles. The first kappa shape index (κ1) is 25.0. The topological polar surface area (TPSA) is 71.3 Å². The van der Waals surface area contributed by atoms with Crippen molar-refractivity contribution in [2.45, 2.75) is 27.4 Å². The molecular weight excluding hydrogens is 499 g/mol. The molecule has 0 saturated carbocycles. The molecule has 34 heavy (non-hydrogen) atoms. The SMILES string of the molecule is CCOc1cc(/C=C(\C#N)C(=O)Nc2cccc(C)c2C)c(Br)cc1OCc1ccccc1F. The number of nitrogens with one attached hydrogen (secondary N) is 1.